The monoisotopic (exact) mass is 338 g/mol. The second-order valence-corrected chi connectivity index (χ2v) is 5.90. The van der Waals surface area contributed by atoms with E-state index in [1.54, 1.807) is 6.92 Å². The highest BCUT2D eigenvalue weighted by atomic mass is 16.5. The Balaban J connectivity index is 2.58. The largest absolute Gasteiger partial charge is 0.463 e. The molecule has 3 heteroatoms. The summed E-state index contributed by atoms with van der Waals surface area (Å²) in [6.07, 6.45) is 1.66. The van der Waals surface area contributed by atoms with Crippen molar-refractivity contribution in [1.29, 1.82) is 0 Å². The molecule has 1 N–H and O–H groups in total. The third kappa shape index (κ3) is 5.04. The molecule has 2 aromatic carbocycles. The van der Waals surface area contributed by atoms with Crippen LogP contribution in [0.1, 0.15) is 50.3 Å². The quantitative estimate of drug-likeness (QED) is 0.548. The number of carbonyl (C=O) groups excluding carboxylic acids is 1. The van der Waals surface area contributed by atoms with Crippen molar-refractivity contribution in [2.45, 2.75) is 39.2 Å². The number of benzene rings is 2. The van der Waals surface area contributed by atoms with E-state index in [9.17, 15) is 9.90 Å². The summed E-state index contributed by atoms with van der Waals surface area (Å²) in [4.78, 5) is 12.7. The molecule has 0 heterocycles. The summed E-state index contributed by atoms with van der Waals surface area (Å²) in [7, 11) is 0. The lowest BCUT2D eigenvalue weighted by atomic mass is 9.89. The van der Waals surface area contributed by atoms with Crippen molar-refractivity contribution in [1.82, 2.24) is 0 Å². The molecular formula is C22H26O3. The maximum Gasteiger partial charge on any atom is 0.337 e. The van der Waals surface area contributed by atoms with Crippen molar-refractivity contribution >= 4 is 11.5 Å². The van der Waals surface area contributed by atoms with Crippen LogP contribution in [0, 0.1) is 0 Å². The Morgan fingerprint density at radius 1 is 1.00 bits per heavy atom. The van der Waals surface area contributed by atoms with Crippen LogP contribution in [0.5, 0.6) is 0 Å². The molecule has 0 aliphatic carbocycles. The summed E-state index contributed by atoms with van der Waals surface area (Å²) in [6.45, 7) is 4.17. The van der Waals surface area contributed by atoms with Crippen molar-refractivity contribution in [2.75, 3.05) is 6.61 Å². The minimum Gasteiger partial charge on any atom is -0.463 e. The minimum absolute atomic E-state index is 0.277. The molecule has 2 rings (SSSR count). The van der Waals surface area contributed by atoms with Gasteiger partial charge in [0.15, 0.2) is 0 Å². The molecular weight excluding hydrogens is 312 g/mol. The van der Waals surface area contributed by atoms with E-state index in [0.29, 0.717) is 11.1 Å². The first kappa shape index (κ1) is 18.9. The standard InChI is InChI=1S/C22H26O3/c1-3-5-16-19(17-12-8-6-9-13-17)20(22(24)25-4-2)21(23)18-14-10-7-11-15-18/h6-15,21,23H,3-5,16H2,1-2H3/b20-19-. The van der Waals surface area contributed by atoms with Gasteiger partial charge in [-0.15, -0.1) is 0 Å². The number of aliphatic hydroxyl groups is 1. The molecule has 1 atom stereocenters. The van der Waals surface area contributed by atoms with Gasteiger partial charge in [-0.1, -0.05) is 74.0 Å². The van der Waals surface area contributed by atoms with Gasteiger partial charge in [0.1, 0.15) is 6.10 Å². The van der Waals surface area contributed by atoms with Gasteiger partial charge in [-0.25, -0.2) is 4.79 Å². The van der Waals surface area contributed by atoms with Gasteiger partial charge >= 0.3 is 5.97 Å². The molecule has 0 aliphatic rings. The van der Waals surface area contributed by atoms with Gasteiger partial charge in [-0.05, 0) is 36.5 Å². The average Bonchev–Trinajstić information content (AvgIpc) is 2.66. The van der Waals surface area contributed by atoms with Crippen LogP contribution in [-0.2, 0) is 9.53 Å². The molecule has 0 aromatic heterocycles. The van der Waals surface area contributed by atoms with Gasteiger partial charge in [-0.2, -0.15) is 0 Å². The Hall–Kier alpha value is -2.39. The van der Waals surface area contributed by atoms with Crippen molar-refractivity contribution in [3.63, 3.8) is 0 Å². The highest BCUT2D eigenvalue weighted by molar-refractivity contribution is 5.99. The SMILES string of the molecule is CCCC/C(=C(/C(=O)OCC)C(O)c1ccccc1)c1ccccc1. The number of allylic oxidation sites excluding steroid dienone is 1. The number of rotatable bonds is 8. The molecule has 3 nitrogen and oxygen atoms in total. The van der Waals surface area contributed by atoms with Crippen LogP contribution in [-0.4, -0.2) is 17.7 Å². The zero-order valence-corrected chi connectivity index (χ0v) is 14.9. The summed E-state index contributed by atoms with van der Waals surface area (Å²) in [5, 5.41) is 10.9. The van der Waals surface area contributed by atoms with Crippen LogP contribution >= 0.6 is 0 Å². The molecule has 0 bridgehead atoms. The normalized spacial score (nSPS) is 13.1. The van der Waals surface area contributed by atoms with Gasteiger partial charge in [0.2, 0.25) is 0 Å². The summed E-state index contributed by atoms with van der Waals surface area (Å²) < 4.78 is 5.27. The molecule has 0 spiro atoms. The summed E-state index contributed by atoms with van der Waals surface area (Å²) in [6, 6.07) is 19.0. The fourth-order valence-electron chi connectivity index (χ4n) is 2.84. The average molecular weight is 338 g/mol. The van der Waals surface area contributed by atoms with E-state index >= 15 is 0 Å². The molecule has 0 saturated carbocycles. The van der Waals surface area contributed by atoms with Crippen molar-refractivity contribution in [3.05, 3.63) is 77.4 Å². The van der Waals surface area contributed by atoms with Gasteiger partial charge in [0, 0.05) is 0 Å². The van der Waals surface area contributed by atoms with E-state index in [-0.39, 0.29) is 6.61 Å². The third-order valence-corrected chi connectivity index (χ3v) is 4.11. The highest BCUT2D eigenvalue weighted by Gasteiger charge is 2.26. The van der Waals surface area contributed by atoms with Crippen molar-refractivity contribution < 1.29 is 14.6 Å². The van der Waals surface area contributed by atoms with Gasteiger partial charge in [0.25, 0.3) is 0 Å². The first-order valence-electron chi connectivity index (χ1n) is 8.87. The van der Waals surface area contributed by atoms with Crippen LogP contribution in [0.25, 0.3) is 5.57 Å². The molecule has 132 valence electrons. The Labute approximate surface area is 150 Å². The predicted molar refractivity (Wildman–Crippen MR) is 101 cm³/mol. The van der Waals surface area contributed by atoms with Gasteiger partial charge in [-0.3, -0.25) is 0 Å². The first-order chi connectivity index (χ1) is 12.2. The molecule has 0 aliphatic heterocycles. The molecule has 2 aromatic rings. The van der Waals surface area contributed by atoms with E-state index in [4.69, 9.17) is 4.74 Å². The van der Waals surface area contributed by atoms with Crippen LogP contribution in [0.4, 0.5) is 0 Å². The number of ether oxygens (including phenoxy) is 1. The Bertz CT molecular complexity index is 690. The lowest BCUT2D eigenvalue weighted by molar-refractivity contribution is -0.139. The fourth-order valence-corrected chi connectivity index (χ4v) is 2.84. The second kappa shape index (κ2) is 9.80. The zero-order chi connectivity index (χ0) is 18.1. The number of aliphatic hydroxyl groups excluding tert-OH is 1. The predicted octanol–water partition coefficient (Wildman–Crippen LogP) is 4.93. The molecule has 0 saturated heterocycles. The van der Waals surface area contributed by atoms with E-state index in [0.717, 1.165) is 30.4 Å². The lowest BCUT2D eigenvalue weighted by Gasteiger charge is -2.20. The van der Waals surface area contributed by atoms with E-state index in [1.165, 1.54) is 0 Å². The van der Waals surface area contributed by atoms with E-state index < -0.39 is 12.1 Å². The van der Waals surface area contributed by atoms with Crippen LogP contribution in [0.15, 0.2) is 66.2 Å². The zero-order valence-electron chi connectivity index (χ0n) is 14.9. The highest BCUT2D eigenvalue weighted by Crippen LogP contribution is 2.33. The van der Waals surface area contributed by atoms with Gasteiger partial charge < -0.3 is 9.84 Å². The van der Waals surface area contributed by atoms with E-state index in [1.807, 2.05) is 60.7 Å². The summed E-state index contributed by atoms with van der Waals surface area (Å²) in [5.74, 6) is -0.450. The molecule has 25 heavy (non-hydrogen) atoms. The lowest BCUT2D eigenvalue weighted by Crippen LogP contribution is -2.17. The Morgan fingerprint density at radius 2 is 1.60 bits per heavy atom. The summed E-state index contributed by atoms with van der Waals surface area (Å²) >= 11 is 0. The topological polar surface area (TPSA) is 46.5 Å². The second-order valence-electron chi connectivity index (χ2n) is 5.90. The third-order valence-electron chi connectivity index (χ3n) is 4.11. The van der Waals surface area contributed by atoms with Crippen LogP contribution in [0.2, 0.25) is 0 Å². The van der Waals surface area contributed by atoms with Crippen molar-refractivity contribution in [2.24, 2.45) is 0 Å². The number of carbonyl (C=O) groups is 1. The minimum atomic E-state index is -1.01. The van der Waals surface area contributed by atoms with Crippen LogP contribution in [0.3, 0.4) is 0 Å². The molecule has 0 fully saturated rings. The van der Waals surface area contributed by atoms with E-state index in [2.05, 4.69) is 6.92 Å². The smallest absolute Gasteiger partial charge is 0.337 e. The van der Waals surface area contributed by atoms with Gasteiger partial charge in [0.05, 0.1) is 12.2 Å². The maximum absolute atomic E-state index is 12.7. The van der Waals surface area contributed by atoms with Crippen LogP contribution < -0.4 is 0 Å². The Morgan fingerprint density at radius 3 is 2.16 bits per heavy atom. The van der Waals surface area contributed by atoms with Crippen molar-refractivity contribution in [3.8, 4) is 0 Å². The fraction of sp³-hybridized carbons (Fsp3) is 0.318. The molecule has 1 unspecified atom stereocenters. The summed E-state index contributed by atoms with van der Waals surface area (Å²) in [5.41, 5.74) is 2.84. The molecule has 0 amide bonds. The number of unbranched alkanes of at least 4 members (excludes halogenated alkanes) is 1. The Kier molecular flexibility index (Phi) is 7.42. The maximum atomic E-state index is 12.7. The number of esters is 1. The number of hydrogen-bond donors (Lipinski definition) is 1. The molecule has 0 radical (unpaired) electrons. The first-order valence-corrected chi connectivity index (χ1v) is 8.87. The number of hydrogen-bond acceptors (Lipinski definition) is 3.